The molecule has 1 heterocycles. The maximum Gasteiger partial charge on any atom is 0.573 e. The van der Waals surface area contributed by atoms with Gasteiger partial charge in [0.25, 0.3) is 0 Å². The fourth-order valence-corrected chi connectivity index (χ4v) is 3.72. The summed E-state index contributed by atoms with van der Waals surface area (Å²) in [5, 5.41) is 3.94. The van der Waals surface area contributed by atoms with E-state index >= 15 is 0 Å². The highest BCUT2D eigenvalue weighted by atomic mass is 32.2. The first-order valence-corrected chi connectivity index (χ1v) is 10.8. The van der Waals surface area contributed by atoms with E-state index < -0.39 is 16.2 Å². The van der Waals surface area contributed by atoms with Crippen LogP contribution in [0, 0.1) is 0 Å². The molecule has 3 rings (SSSR count). The zero-order valence-electron chi connectivity index (χ0n) is 15.5. The van der Waals surface area contributed by atoms with Gasteiger partial charge in [-0.15, -0.1) is 13.2 Å². The molecule has 5 nitrogen and oxygen atoms in total. The van der Waals surface area contributed by atoms with E-state index in [0.717, 1.165) is 16.8 Å². The van der Waals surface area contributed by atoms with Gasteiger partial charge in [-0.25, -0.2) is 8.42 Å². The Morgan fingerprint density at radius 3 is 2.38 bits per heavy atom. The van der Waals surface area contributed by atoms with Crippen LogP contribution in [0.4, 0.5) is 18.9 Å². The van der Waals surface area contributed by atoms with Crippen molar-refractivity contribution in [3.8, 4) is 5.75 Å². The van der Waals surface area contributed by atoms with E-state index in [0.29, 0.717) is 23.9 Å². The minimum absolute atomic E-state index is 0.00851. The van der Waals surface area contributed by atoms with Gasteiger partial charge in [-0.05, 0) is 35.7 Å². The number of benzene rings is 2. The molecule has 1 N–H and O–H groups in total. The summed E-state index contributed by atoms with van der Waals surface area (Å²) in [7, 11) is -3.07. The van der Waals surface area contributed by atoms with Crippen LogP contribution in [-0.4, -0.2) is 32.6 Å². The second-order valence-electron chi connectivity index (χ2n) is 6.65. The van der Waals surface area contributed by atoms with E-state index in [1.165, 1.54) is 30.7 Å². The van der Waals surface area contributed by atoms with Crippen molar-refractivity contribution in [2.45, 2.75) is 18.5 Å². The van der Waals surface area contributed by atoms with Crippen molar-refractivity contribution in [3.63, 3.8) is 0 Å². The van der Waals surface area contributed by atoms with E-state index in [1.807, 2.05) is 12.1 Å². The zero-order chi connectivity index (χ0) is 21.1. The average Bonchev–Trinajstić information content (AvgIpc) is 2.60. The first kappa shape index (κ1) is 20.9. The number of rotatable bonds is 7. The van der Waals surface area contributed by atoms with Gasteiger partial charge in [0.1, 0.15) is 5.75 Å². The molecule has 154 valence electrons. The third-order valence-electron chi connectivity index (χ3n) is 4.13. The summed E-state index contributed by atoms with van der Waals surface area (Å²) in [5.74, 6) is -0.307. The number of hydrogen-bond donors (Lipinski definition) is 1. The van der Waals surface area contributed by atoms with Gasteiger partial charge in [0.05, 0.1) is 11.3 Å². The molecule has 3 aromatic rings. The van der Waals surface area contributed by atoms with Crippen LogP contribution in [0.3, 0.4) is 0 Å². The number of hydrogen-bond acceptors (Lipinski definition) is 5. The summed E-state index contributed by atoms with van der Waals surface area (Å²) in [5.41, 5.74) is 2.92. The minimum Gasteiger partial charge on any atom is -0.406 e. The predicted octanol–water partition coefficient (Wildman–Crippen LogP) is 4.33. The molecule has 29 heavy (non-hydrogen) atoms. The number of nitrogens with zero attached hydrogens (tertiary/aromatic N) is 1. The second kappa shape index (κ2) is 8.28. The summed E-state index contributed by atoms with van der Waals surface area (Å²) in [6.07, 6.45) is -1.34. The van der Waals surface area contributed by atoms with Crippen LogP contribution in [0.25, 0.3) is 10.9 Å². The lowest BCUT2D eigenvalue weighted by Crippen LogP contribution is -2.17. The summed E-state index contributed by atoms with van der Waals surface area (Å²) in [4.78, 5) is 4.10. The molecule has 0 radical (unpaired) electrons. The molecular formula is C20H19F3N2O3S. The predicted molar refractivity (Wildman–Crippen MR) is 106 cm³/mol. The van der Waals surface area contributed by atoms with Crippen LogP contribution in [0.2, 0.25) is 0 Å². The number of aromatic nitrogens is 1. The lowest BCUT2D eigenvalue weighted by molar-refractivity contribution is -0.274. The number of nitrogens with one attached hydrogen (secondary N) is 1. The van der Waals surface area contributed by atoms with E-state index in [9.17, 15) is 21.6 Å². The zero-order valence-corrected chi connectivity index (χ0v) is 16.3. The largest absolute Gasteiger partial charge is 0.573 e. The molecule has 0 fully saturated rings. The molecule has 0 atom stereocenters. The maximum atomic E-state index is 12.4. The molecule has 0 saturated heterocycles. The normalized spacial score (nSPS) is 12.1. The molecule has 0 spiro atoms. The van der Waals surface area contributed by atoms with Gasteiger partial charge in [0.15, 0.2) is 9.84 Å². The van der Waals surface area contributed by atoms with Gasteiger partial charge in [0, 0.05) is 36.1 Å². The minimum atomic E-state index is -4.75. The molecule has 0 aliphatic heterocycles. The van der Waals surface area contributed by atoms with Gasteiger partial charge in [-0.3, -0.25) is 4.98 Å². The molecule has 0 amide bonds. The monoisotopic (exact) mass is 424 g/mol. The fourth-order valence-electron chi connectivity index (χ4n) is 2.93. The smallest absolute Gasteiger partial charge is 0.406 e. The van der Waals surface area contributed by atoms with E-state index in [-0.39, 0.29) is 11.5 Å². The quantitative estimate of drug-likeness (QED) is 0.611. The van der Waals surface area contributed by atoms with Crippen LogP contribution in [0.15, 0.2) is 54.7 Å². The molecule has 0 unspecified atom stereocenters. The number of fused-ring (bicyclic) bond motifs is 1. The summed E-state index contributed by atoms with van der Waals surface area (Å²) in [6, 6.07) is 13.1. The third kappa shape index (κ3) is 6.35. The number of anilines is 1. The van der Waals surface area contributed by atoms with E-state index in [4.69, 9.17) is 0 Å². The second-order valence-corrected chi connectivity index (χ2v) is 8.79. The number of ether oxygens (including phenoxy) is 1. The highest BCUT2D eigenvalue weighted by Gasteiger charge is 2.31. The lowest BCUT2D eigenvalue weighted by atomic mass is 10.1. The van der Waals surface area contributed by atoms with Crippen molar-refractivity contribution < 1.29 is 26.3 Å². The highest BCUT2D eigenvalue weighted by molar-refractivity contribution is 7.89. The summed E-state index contributed by atoms with van der Waals surface area (Å²) < 4.78 is 63.7. The van der Waals surface area contributed by atoms with Crippen molar-refractivity contribution in [3.05, 3.63) is 65.9 Å². The molecule has 1 aromatic heterocycles. The Labute approximate surface area is 166 Å². The molecule has 0 bridgehead atoms. The molecule has 0 aliphatic rings. The Hall–Kier alpha value is -2.81. The van der Waals surface area contributed by atoms with Crippen LogP contribution in [0.5, 0.6) is 5.75 Å². The Morgan fingerprint density at radius 1 is 1.03 bits per heavy atom. The van der Waals surface area contributed by atoms with Crippen molar-refractivity contribution in [2.75, 3.05) is 18.1 Å². The molecule has 2 aromatic carbocycles. The van der Waals surface area contributed by atoms with Gasteiger partial charge < -0.3 is 10.1 Å². The first-order valence-electron chi connectivity index (χ1n) is 8.73. The van der Waals surface area contributed by atoms with Crippen molar-refractivity contribution in [1.82, 2.24) is 4.98 Å². The van der Waals surface area contributed by atoms with E-state index in [2.05, 4.69) is 15.0 Å². The van der Waals surface area contributed by atoms with Crippen LogP contribution in [0.1, 0.15) is 11.1 Å². The number of sulfone groups is 1. The van der Waals surface area contributed by atoms with Crippen LogP contribution >= 0.6 is 0 Å². The van der Waals surface area contributed by atoms with Gasteiger partial charge in [0.2, 0.25) is 0 Å². The maximum absolute atomic E-state index is 12.4. The molecule has 0 saturated carbocycles. The summed E-state index contributed by atoms with van der Waals surface area (Å²) in [6.45, 7) is 0.589. The third-order valence-corrected chi connectivity index (χ3v) is 4.99. The Bertz CT molecular complexity index is 1100. The van der Waals surface area contributed by atoms with Gasteiger partial charge >= 0.3 is 6.36 Å². The standard InChI is InChI=1S/C20H19F3N2O3S/c1-29(26,27)13-15-4-2-14(3-5-15)8-10-24-18-9-11-25-19-12-16(6-7-17(18)19)28-20(21,22)23/h2-7,9,11-12H,8,10,13H2,1H3,(H,24,25). The fraction of sp³-hybridized carbons (Fsp3) is 0.250. The number of halogens is 3. The van der Waals surface area contributed by atoms with Crippen molar-refractivity contribution in [2.24, 2.45) is 0 Å². The van der Waals surface area contributed by atoms with Gasteiger partial charge in [-0.1, -0.05) is 24.3 Å². The number of alkyl halides is 3. The first-order chi connectivity index (χ1) is 13.6. The lowest BCUT2D eigenvalue weighted by Gasteiger charge is -2.12. The van der Waals surface area contributed by atoms with Gasteiger partial charge in [-0.2, -0.15) is 0 Å². The summed E-state index contributed by atoms with van der Waals surface area (Å²) >= 11 is 0. The number of pyridine rings is 1. The highest BCUT2D eigenvalue weighted by Crippen LogP contribution is 2.28. The van der Waals surface area contributed by atoms with Crippen LogP contribution < -0.4 is 10.1 Å². The molecule has 0 aliphatic carbocycles. The van der Waals surface area contributed by atoms with Crippen molar-refractivity contribution >= 4 is 26.4 Å². The van der Waals surface area contributed by atoms with Crippen LogP contribution in [-0.2, 0) is 22.0 Å². The van der Waals surface area contributed by atoms with E-state index in [1.54, 1.807) is 18.2 Å². The molecular weight excluding hydrogens is 405 g/mol. The SMILES string of the molecule is CS(=O)(=O)Cc1ccc(CCNc2ccnc3cc(OC(F)(F)F)ccc23)cc1. The Balaban J connectivity index is 1.64. The van der Waals surface area contributed by atoms with Crippen molar-refractivity contribution in [1.29, 1.82) is 0 Å². The topological polar surface area (TPSA) is 68.3 Å². The Morgan fingerprint density at radius 2 is 1.72 bits per heavy atom. The molecule has 9 heteroatoms. The Kier molecular flexibility index (Phi) is 5.97. The average molecular weight is 424 g/mol.